The molecule has 0 aliphatic heterocycles. The van der Waals surface area contributed by atoms with Gasteiger partial charge in [-0.25, -0.2) is 9.48 Å². The SMILES string of the molecule is CCOC(=O)COc1c(Cc2ccc(-c3ccccc3-c3nn[nH]n3)cc2)c(CC(C)C)nn1CC(F)(F)F. The topological polar surface area (TPSA) is 108 Å². The number of hydrogen-bond donors (Lipinski definition) is 1. The van der Waals surface area contributed by atoms with Crippen molar-refractivity contribution in [2.45, 2.75) is 46.3 Å². The van der Waals surface area contributed by atoms with Gasteiger partial charge in [-0.2, -0.15) is 23.5 Å². The molecule has 9 nitrogen and oxygen atoms in total. The summed E-state index contributed by atoms with van der Waals surface area (Å²) >= 11 is 0. The van der Waals surface area contributed by atoms with E-state index in [1.165, 1.54) is 0 Å². The highest BCUT2D eigenvalue weighted by Crippen LogP contribution is 2.33. The highest BCUT2D eigenvalue weighted by Gasteiger charge is 2.32. The summed E-state index contributed by atoms with van der Waals surface area (Å²) in [4.78, 5) is 11.9. The number of rotatable bonds is 11. The smallest absolute Gasteiger partial charge is 0.408 e. The first-order valence-electron chi connectivity index (χ1n) is 12.5. The Morgan fingerprint density at radius 2 is 1.79 bits per heavy atom. The van der Waals surface area contributed by atoms with E-state index >= 15 is 0 Å². The molecular weight excluding hydrogens is 513 g/mol. The molecule has 0 unspecified atom stereocenters. The molecule has 2 heterocycles. The maximum absolute atomic E-state index is 13.4. The van der Waals surface area contributed by atoms with Crippen molar-refractivity contribution in [2.24, 2.45) is 5.92 Å². The van der Waals surface area contributed by atoms with Crippen molar-refractivity contribution >= 4 is 5.97 Å². The minimum atomic E-state index is -4.52. The largest absolute Gasteiger partial charge is 0.466 e. The number of aromatic nitrogens is 6. The van der Waals surface area contributed by atoms with Crippen LogP contribution >= 0.6 is 0 Å². The predicted molar refractivity (Wildman–Crippen MR) is 137 cm³/mol. The van der Waals surface area contributed by atoms with Gasteiger partial charge < -0.3 is 9.47 Å². The van der Waals surface area contributed by atoms with E-state index in [1.807, 2.05) is 62.4 Å². The molecule has 12 heteroatoms. The molecule has 39 heavy (non-hydrogen) atoms. The molecular formula is C27H29F3N6O3. The summed E-state index contributed by atoms with van der Waals surface area (Å²) in [7, 11) is 0. The zero-order valence-corrected chi connectivity index (χ0v) is 21.8. The van der Waals surface area contributed by atoms with E-state index in [1.54, 1.807) is 6.92 Å². The number of nitrogens with zero attached hydrogens (tertiary/aromatic N) is 5. The standard InChI is InChI=1S/C27H29F3N6O3/c1-4-38-24(37)15-39-26-22(23(13-17(2)3)33-36(26)16-27(28,29)30)14-18-9-11-19(12-10-18)20-7-5-6-8-21(20)25-31-34-35-32-25/h5-12,17H,4,13-16H2,1-3H3,(H,31,32,34,35). The lowest BCUT2D eigenvalue weighted by molar-refractivity contribution is -0.146. The van der Waals surface area contributed by atoms with Gasteiger partial charge in [0.15, 0.2) is 6.61 Å². The monoisotopic (exact) mass is 542 g/mol. The number of alkyl halides is 3. The number of aromatic amines is 1. The second-order valence-electron chi connectivity index (χ2n) is 9.35. The number of halogens is 3. The minimum absolute atomic E-state index is 0.0810. The van der Waals surface area contributed by atoms with Gasteiger partial charge in [0.25, 0.3) is 0 Å². The highest BCUT2D eigenvalue weighted by atomic mass is 19.4. The summed E-state index contributed by atoms with van der Waals surface area (Å²) in [6, 6.07) is 15.3. The molecule has 1 N–H and O–H groups in total. The van der Waals surface area contributed by atoms with Crippen molar-refractivity contribution < 1.29 is 27.4 Å². The van der Waals surface area contributed by atoms with Gasteiger partial charge in [0.05, 0.1) is 12.3 Å². The van der Waals surface area contributed by atoms with Gasteiger partial charge >= 0.3 is 12.1 Å². The Hall–Kier alpha value is -4.22. The average molecular weight is 543 g/mol. The molecule has 4 rings (SSSR count). The van der Waals surface area contributed by atoms with E-state index in [9.17, 15) is 18.0 Å². The second kappa shape index (κ2) is 12.1. The van der Waals surface area contributed by atoms with Crippen LogP contribution in [-0.4, -0.2) is 55.8 Å². The van der Waals surface area contributed by atoms with Crippen LogP contribution in [0.1, 0.15) is 37.6 Å². The fraction of sp³-hybridized carbons (Fsp3) is 0.370. The molecule has 2 aromatic carbocycles. The van der Waals surface area contributed by atoms with Crippen molar-refractivity contribution in [1.29, 1.82) is 0 Å². The van der Waals surface area contributed by atoms with Gasteiger partial charge in [-0.1, -0.05) is 62.4 Å². The van der Waals surface area contributed by atoms with E-state index in [4.69, 9.17) is 9.47 Å². The summed E-state index contributed by atoms with van der Waals surface area (Å²) in [5, 5.41) is 18.5. The molecule has 0 amide bonds. The van der Waals surface area contributed by atoms with Gasteiger partial charge in [0.2, 0.25) is 11.7 Å². The molecule has 0 aliphatic rings. The van der Waals surface area contributed by atoms with Crippen LogP contribution in [0.2, 0.25) is 0 Å². The Balaban J connectivity index is 1.67. The molecule has 0 fully saturated rings. The van der Waals surface area contributed by atoms with Gasteiger partial charge in [-0.05, 0) is 41.2 Å². The normalized spacial score (nSPS) is 11.7. The number of tetrazole rings is 1. The van der Waals surface area contributed by atoms with Crippen LogP contribution in [0.4, 0.5) is 13.2 Å². The average Bonchev–Trinajstić information content (AvgIpc) is 3.51. The van der Waals surface area contributed by atoms with E-state index in [0.29, 0.717) is 23.5 Å². The number of carbonyl (C=O) groups excluding carboxylic acids is 1. The third-order valence-electron chi connectivity index (χ3n) is 5.80. The third kappa shape index (κ3) is 7.21. The van der Waals surface area contributed by atoms with Crippen molar-refractivity contribution in [3.05, 3.63) is 65.4 Å². The van der Waals surface area contributed by atoms with Crippen LogP contribution in [0.25, 0.3) is 22.5 Å². The lowest BCUT2D eigenvalue weighted by Crippen LogP contribution is -2.22. The first-order valence-corrected chi connectivity index (χ1v) is 12.5. The fourth-order valence-electron chi connectivity index (χ4n) is 4.24. The molecule has 0 aliphatic carbocycles. The summed E-state index contributed by atoms with van der Waals surface area (Å²) in [6.45, 7) is 3.85. The Morgan fingerprint density at radius 1 is 1.08 bits per heavy atom. The van der Waals surface area contributed by atoms with Gasteiger partial charge in [0.1, 0.15) is 6.54 Å². The zero-order chi connectivity index (χ0) is 28.0. The maximum atomic E-state index is 13.4. The van der Waals surface area contributed by atoms with Crippen LogP contribution in [0.5, 0.6) is 5.88 Å². The molecule has 2 aromatic heterocycles. The van der Waals surface area contributed by atoms with Crippen molar-refractivity contribution in [3.63, 3.8) is 0 Å². The maximum Gasteiger partial charge on any atom is 0.408 e. The number of hydrogen-bond acceptors (Lipinski definition) is 7. The molecule has 206 valence electrons. The van der Waals surface area contributed by atoms with Crippen molar-refractivity contribution in [2.75, 3.05) is 13.2 Å². The molecule has 0 radical (unpaired) electrons. The molecule has 0 saturated carbocycles. The van der Waals surface area contributed by atoms with E-state index in [2.05, 4.69) is 25.7 Å². The summed E-state index contributed by atoms with van der Waals surface area (Å²) in [5.41, 5.74) is 4.47. The van der Waals surface area contributed by atoms with Crippen molar-refractivity contribution in [1.82, 2.24) is 30.4 Å². The Kier molecular flexibility index (Phi) is 8.62. The molecule has 4 aromatic rings. The van der Waals surface area contributed by atoms with Crippen LogP contribution in [-0.2, 0) is 28.9 Å². The minimum Gasteiger partial charge on any atom is -0.466 e. The molecule has 0 saturated heterocycles. The predicted octanol–water partition coefficient (Wildman–Crippen LogP) is 5.02. The Bertz CT molecular complexity index is 1380. The number of H-pyrrole nitrogens is 1. The van der Waals surface area contributed by atoms with Gasteiger partial charge in [0, 0.05) is 17.5 Å². The van der Waals surface area contributed by atoms with Crippen LogP contribution in [0.3, 0.4) is 0 Å². The summed E-state index contributed by atoms with van der Waals surface area (Å²) < 4.78 is 51.5. The number of benzene rings is 2. The van der Waals surface area contributed by atoms with Crippen molar-refractivity contribution in [3.8, 4) is 28.4 Å². The molecule has 0 atom stereocenters. The first-order chi connectivity index (χ1) is 18.6. The zero-order valence-electron chi connectivity index (χ0n) is 21.8. The van der Waals surface area contributed by atoms with E-state index in [-0.39, 0.29) is 24.8 Å². The quantitative estimate of drug-likeness (QED) is 0.265. The number of carbonyl (C=O) groups is 1. The Morgan fingerprint density at radius 3 is 2.41 bits per heavy atom. The lowest BCUT2D eigenvalue weighted by atomic mass is 9.96. The lowest BCUT2D eigenvalue weighted by Gasteiger charge is -2.13. The van der Waals surface area contributed by atoms with Crippen LogP contribution < -0.4 is 4.74 Å². The summed E-state index contributed by atoms with van der Waals surface area (Å²) in [6.07, 6.45) is -3.80. The molecule has 0 bridgehead atoms. The van der Waals surface area contributed by atoms with Gasteiger partial charge in [-0.15, -0.1) is 10.2 Å². The van der Waals surface area contributed by atoms with E-state index in [0.717, 1.165) is 26.9 Å². The Labute approximate surface area is 223 Å². The van der Waals surface area contributed by atoms with Gasteiger partial charge in [-0.3, -0.25) is 0 Å². The summed E-state index contributed by atoms with van der Waals surface area (Å²) in [5.74, 6) is -0.144. The highest BCUT2D eigenvalue weighted by molar-refractivity contribution is 5.80. The number of ether oxygens (including phenoxy) is 2. The third-order valence-corrected chi connectivity index (χ3v) is 5.80. The van der Waals surface area contributed by atoms with Crippen LogP contribution in [0, 0.1) is 5.92 Å². The molecule has 0 spiro atoms. The van der Waals surface area contributed by atoms with Crippen LogP contribution in [0.15, 0.2) is 48.5 Å². The number of nitrogens with one attached hydrogen (secondary N) is 1. The van der Waals surface area contributed by atoms with E-state index < -0.39 is 25.3 Å². The fourth-order valence-corrected chi connectivity index (χ4v) is 4.24. The first kappa shape index (κ1) is 27.8. The second-order valence-corrected chi connectivity index (χ2v) is 9.35. The number of esters is 1.